The van der Waals surface area contributed by atoms with E-state index in [0.29, 0.717) is 6.54 Å². The molecule has 0 unspecified atom stereocenters. The van der Waals surface area contributed by atoms with E-state index in [-0.39, 0.29) is 6.03 Å². The van der Waals surface area contributed by atoms with E-state index in [4.69, 9.17) is 0 Å². The first-order chi connectivity index (χ1) is 5.36. The lowest BCUT2D eigenvalue weighted by Crippen LogP contribution is -2.33. The average Bonchev–Trinajstić information content (AvgIpc) is 2.04. The molecule has 0 spiro atoms. The maximum atomic E-state index is 10.8. The number of carbonyl (C=O) groups excluding carboxylic acids is 1. The molecule has 0 fully saturated rings. The van der Waals surface area contributed by atoms with E-state index in [1.807, 2.05) is 24.3 Å². The van der Waals surface area contributed by atoms with E-state index in [0.717, 1.165) is 11.3 Å². The Kier molecular flexibility index (Phi) is 1.28. The number of para-hydroxylation sites is 1. The van der Waals surface area contributed by atoms with Crippen molar-refractivity contribution in [3.63, 3.8) is 0 Å². The molecule has 0 aliphatic carbocycles. The van der Waals surface area contributed by atoms with E-state index < -0.39 is 0 Å². The van der Waals surface area contributed by atoms with Crippen LogP contribution in [-0.2, 0) is 6.54 Å². The van der Waals surface area contributed by atoms with Crippen LogP contribution >= 0.6 is 0 Å². The maximum absolute atomic E-state index is 10.8. The Hall–Kier alpha value is -1.51. The normalized spacial score (nSPS) is 14.7. The molecule has 0 atom stereocenters. The van der Waals surface area contributed by atoms with Crippen molar-refractivity contribution < 1.29 is 4.79 Å². The van der Waals surface area contributed by atoms with Gasteiger partial charge in [0.25, 0.3) is 0 Å². The quantitative estimate of drug-likeness (QED) is 0.571. The van der Waals surface area contributed by atoms with Gasteiger partial charge in [0.2, 0.25) is 0 Å². The van der Waals surface area contributed by atoms with Crippen molar-refractivity contribution in [2.45, 2.75) is 6.54 Å². The van der Waals surface area contributed by atoms with Gasteiger partial charge in [-0.25, -0.2) is 4.79 Å². The second-order valence-electron chi connectivity index (χ2n) is 2.46. The topological polar surface area (TPSA) is 41.1 Å². The largest absolute Gasteiger partial charge is 0.334 e. The van der Waals surface area contributed by atoms with Crippen LogP contribution < -0.4 is 10.6 Å². The first-order valence-electron chi connectivity index (χ1n) is 3.49. The van der Waals surface area contributed by atoms with Crippen LogP contribution in [0, 0.1) is 0 Å². The summed E-state index contributed by atoms with van der Waals surface area (Å²) in [6.07, 6.45) is 0. The number of anilines is 1. The Morgan fingerprint density at radius 1 is 1.27 bits per heavy atom. The van der Waals surface area contributed by atoms with Crippen LogP contribution in [0.3, 0.4) is 0 Å². The number of fused-ring (bicyclic) bond motifs is 1. The molecule has 2 N–H and O–H groups in total. The summed E-state index contributed by atoms with van der Waals surface area (Å²) < 4.78 is 0. The number of nitrogens with one attached hydrogen (secondary N) is 2. The predicted octanol–water partition coefficient (Wildman–Crippen LogP) is 1.32. The first-order valence-corrected chi connectivity index (χ1v) is 3.49. The summed E-state index contributed by atoms with van der Waals surface area (Å²) in [5.74, 6) is 0. The molecule has 1 aromatic rings. The fraction of sp³-hybridized carbons (Fsp3) is 0.125. The molecule has 3 heteroatoms. The van der Waals surface area contributed by atoms with E-state index >= 15 is 0 Å². The summed E-state index contributed by atoms with van der Waals surface area (Å²) in [6, 6.07) is 7.63. The summed E-state index contributed by atoms with van der Waals surface area (Å²) >= 11 is 0. The molecule has 56 valence electrons. The van der Waals surface area contributed by atoms with Crippen LogP contribution in [0.25, 0.3) is 0 Å². The van der Waals surface area contributed by atoms with Gasteiger partial charge in [0.1, 0.15) is 0 Å². The van der Waals surface area contributed by atoms with Gasteiger partial charge in [-0.2, -0.15) is 0 Å². The van der Waals surface area contributed by atoms with Gasteiger partial charge >= 0.3 is 6.03 Å². The highest BCUT2D eigenvalue weighted by molar-refractivity contribution is 5.92. The molecule has 3 nitrogen and oxygen atoms in total. The van der Waals surface area contributed by atoms with Crippen molar-refractivity contribution in [2.75, 3.05) is 5.32 Å². The molecule has 0 saturated heterocycles. The molecule has 1 heterocycles. The number of carbonyl (C=O) groups is 1. The standard InChI is InChI=1S/C8H8N2O/c11-8-9-5-6-3-1-2-4-7(6)10-8/h1-4H,5H2,(H2,9,10,11)/i8-1. The Morgan fingerprint density at radius 3 is 3.00 bits per heavy atom. The number of benzene rings is 1. The highest BCUT2D eigenvalue weighted by atomic mass is 16.1. The summed E-state index contributed by atoms with van der Waals surface area (Å²) in [4.78, 5) is 10.8. The maximum Gasteiger partial charge on any atom is 0.319 e. The van der Waals surface area contributed by atoms with Crippen LogP contribution in [0.2, 0.25) is 0 Å². The molecule has 0 radical (unpaired) electrons. The molecular weight excluding hydrogens is 139 g/mol. The number of rotatable bonds is 0. The number of amides is 2. The fourth-order valence-corrected chi connectivity index (χ4v) is 1.14. The molecule has 2 rings (SSSR count). The molecule has 0 bridgehead atoms. The molecule has 0 saturated carbocycles. The smallest absolute Gasteiger partial charge is 0.319 e. The number of urea groups is 1. The number of hydrogen-bond donors (Lipinski definition) is 2. The highest BCUT2D eigenvalue weighted by Gasteiger charge is 2.11. The summed E-state index contributed by atoms with van der Waals surface area (Å²) in [5, 5.41) is 5.40. The summed E-state index contributed by atoms with van der Waals surface area (Å²) in [6.45, 7) is 0.627. The zero-order valence-electron chi connectivity index (χ0n) is 5.92. The predicted molar refractivity (Wildman–Crippen MR) is 42.3 cm³/mol. The van der Waals surface area contributed by atoms with Gasteiger partial charge in [0, 0.05) is 12.2 Å². The van der Waals surface area contributed by atoms with E-state index in [1.165, 1.54) is 0 Å². The van der Waals surface area contributed by atoms with Crippen LogP contribution in [-0.4, -0.2) is 6.03 Å². The monoisotopic (exact) mass is 147 g/mol. The second-order valence-corrected chi connectivity index (χ2v) is 2.46. The second kappa shape index (κ2) is 2.27. The molecule has 1 aliphatic heterocycles. The van der Waals surface area contributed by atoms with E-state index in [9.17, 15) is 4.79 Å². The van der Waals surface area contributed by atoms with Gasteiger partial charge < -0.3 is 10.6 Å². The van der Waals surface area contributed by atoms with Crippen molar-refractivity contribution in [3.8, 4) is 0 Å². The minimum absolute atomic E-state index is 0.122. The van der Waals surface area contributed by atoms with Crippen LogP contribution in [0.4, 0.5) is 10.5 Å². The SMILES string of the molecule is O=[11C]1NCc2ccccc2N1. The summed E-state index contributed by atoms with van der Waals surface area (Å²) in [7, 11) is 0. The lowest BCUT2D eigenvalue weighted by atomic mass is 10.0. The number of hydrogen-bond acceptors (Lipinski definition) is 1. The van der Waals surface area contributed by atoms with Gasteiger partial charge in [-0.15, -0.1) is 0 Å². The molecule has 1 aromatic carbocycles. The van der Waals surface area contributed by atoms with Gasteiger partial charge in [-0.05, 0) is 11.6 Å². The average molecular weight is 147 g/mol. The Morgan fingerprint density at radius 2 is 2.09 bits per heavy atom. The molecule has 1 aliphatic rings. The summed E-state index contributed by atoms with van der Waals surface area (Å²) in [5.41, 5.74) is 2.04. The minimum Gasteiger partial charge on any atom is -0.334 e. The van der Waals surface area contributed by atoms with E-state index in [1.54, 1.807) is 0 Å². The van der Waals surface area contributed by atoms with Gasteiger partial charge in [-0.1, -0.05) is 18.2 Å². The Balaban J connectivity index is 2.41. The van der Waals surface area contributed by atoms with Gasteiger partial charge in [0.15, 0.2) is 0 Å². The van der Waals surface area contributed by atoms with Crippen molar-refractivity contribution >= 4 is 11.7 Å². The zero-order chi connectivity index (χ0) is 7.68. The third-order valence-electron chi connectivity index (χ3n) is 1.70. The minimum atomic E-state index is -0.122. The van der Waals surface area contributed by atoms with Crippen LogP contribution in [0.15, 0.2) is 24.3 Å². The van der Waals surface area contributed by atoms with Gasteiger partial charge in [0.05, 0.1) is 0 Å². The van der Waals surface area contributed by atoms with Crippen LogP contribution in [0.1, 0.15) is 5.56 Å². The van der Waals surface area contributed by atoms with Crippen molar-refractivity contribution in [3.05, 3.63) is 29.8 Å². The molecule has 11 heavy (non-hydrogen) atoms. The lowest BCUT2D eigenvalue weighted by Gasteiger charge is -2.17. The zero-order valence-corrected chi connectivity index (χ0v) is 5.92. The van der Waals surface area contributed by atoms with Crippen LogP contribution in [0.5, 0.6) is 0 Å². The van der Waals surface area contributed by atoms with Gasteiger partial charge in [-0.3, -0.25) is 0 Å². The molecular formula is C8H8N2O. The highest BCUT2D eigenvalue weighted by Crippen LogP contribution is 2.16. The molecule has 2 amide bonds. The lowest BCUT2D eigenvalue weighted by molar-refractivity contribution is 0.251. The van der Waals surface area contributed by atoms with Crippen molar-refractivity contribution in [1.82, 2.24) is 5.32 Å². The van der Waals surface area contributed by atoms with E-state index in [2.05, 4.69) is 10.6 Å². The third kappa shape index (κ3) is 1.05. The Labute approximate surface area is 64.4 Å². The third-order valence-corrected chi connectivity index (χ3v) is 1.70. The fourth-order valence-electron chi connectivity index (χ4n) is 1.14. The van der Waals surface area contributed by atoms with Crippen molar-refractivity contribution in [1.29, 1.82) is 0 Å². The molecule has 0 aromatic heterocycles. The first kappa shape index (κ1) is 6.22. The Bertz CT molecular complexity index is 296. The van der Waals surface area contributed by atoms with Crippen molar-refractivity contribution in [2.24, 2.45) is 0 Å².